The summed E-state index contributed by atoms with van der Waals surface area (Å²) in [6, 6.07) is 11.4. The van der Waals surface area contributed by atoms with Crippen LogP contribution < -0.4 is 0 Å². The number of non-ortho nitro benzene ring substituents is 2. The topological polar surface area (TPSA) is 113 Å². The number of ether oxygens (including phenoxy) is 1. The first-order valence-corrected chi connectivity index (χ1v) is 10.7. The highest BCUT2D eigenvalue weighted by atomic mass is 16.6. The van der Waals surface area contributed by atoms with Crippen LogP contribution in [0.3, 0.4) is 0 Å². The van der Waals surface area contributed by atoms with Crippen molar-refractivity contribution in [3.8, 4) is 0 Å². The minimum absolute atomic E-state index is 0.117. The summed E-state index contributed by atoms with van der Waals surface area (Å²) in [5, 5.41) is 22.5. The van der Waals surface area contributed by atoms with Crippen LogP contribution in [0.25, 0.3) is 0 Å². The van der Waals surface area contributed by atoms with Gasteiger partial charge in [-0.3, -0.25) is 20.2 Å². The Hall–Kier alpha value is -3.29. The van der Waals surface area contributed by atoms with Crippen LogP contribution in [0.1, 0.15) is 59.0 Å². The van der Waals surface area contributed by atoms with Crippen LogP contribution in [0.4, 0.5) is 11.4 Å². The molecule has 158 valence electrons. The van der Waals surface area contributed by atoms with E-state index in [2.05, 4.69) is 18.2 Å². The van der Waals surface area contributed by atoms with Gasteiger partial charge in [-0.15, -0.1) is 0 Å². The van der Waals surface area contributed by atoms with Crippen LogP contribution in [-0.2, 0) is 4.74 Å². The molecule has 8 nitrogen and oxygen atoms in total. The van der Waals surface area contributed by atoms with E-state index in [4.69, 9.17) is 4.74 Å². The van der Waals surface area contributed by atoms with E-state index >= 15 is 0 Å². The molecule has 0 radical (unpaired) electrons. The molecule has 3 fully saturated rings. The largest absolute Gasteiger partial charge is 0.454 e. The maximum atomic E-state index is 13.3. The summed E-state index contributed by atoms with van der Waals surface area (Å²) in [5.74, 6) is 0.817. The van der Waals surface area contributed by atoms with Gasteiger partial charge in [-0.25, -0.2) is 4.79 Å². The van der Waals surface area contributed by atoms with Crippen LogP contribution in [-0.4, -0.2) is 21.4 Å². The summed E-state index contributed by atoms with van der Waals surface area (Å²) in [5.41, 5.74) is 0.894. The number of esters is 1. The lowest BCUT2D eigenvalue weighted by atomic mass is 9.65. The maximum Gasteiger partial charge on any atom is 0.339 e. The first kappa shape index (κ1) is 18.5. The zero-order valence-electron chi connectivity index (χ0n) is 16.6. The highest BCUT2D eigenvalue weighted by Gasteiger charge is 2.72. The molecule has 0 aromatic heterocycles. The smallest absolute Gasteiger partial charge is 0.339 e. The Bertz CT molecular complexity index is 1130. The normalized spacial score (nSPS) is 33.7. The molecule has 6 rings (SSSR count). The Morgan fingerprint density at radius 3 is 2.32 bits per heavy atom. The first-order chi connectivity index (χ1) is 14.9. The lowest BCUT2D eigenvalue weighted by molar-refractivity contribution is -0.394. The molecular weight excluding hydrogens is 400 g/mol. The van der Waals surface area contributed by atoms with Crippen LogP contribution in [0.2, 0.25) is 0 Å². The van der Waals surface area contributed by atoms with Gasteiger partial charge in [0, 0.05) is 29.9 Å². The summed E-state index contributed by atoms with van der Waals surface area (Å²) in [7, 11) is 0. The highest BCUT2D eigenvalue weighted by molar-refractivity contribution is 5.91. The average Bonchev–Trinajstić information content (AvgIpc) is 3.51. The summed E-state index contributed by atoms with van der Waals surface area (Å²) in [6.45, 7) is 0. The Morgan fingerprint density at radius 2 is 1.65 bits per heavy atom. The second kappa shape index (κ2) is 6.12. The van der Waals surface area contributed by atoms with Crippen molar-refractivity contribution in [2.45, 2.75) is 43.1 Å². The van der Waals surface area contributed by atoms with Gasteiger partial charge in [0.05, 0.1) is 21.5 Å². The number of hydrogen-bond donors (Lipinski definition) is 0. The molecule has 0 amide bonds. The molecule has 6 atom stereocenters. The minimum Gasteiger partial charge on any atom is -0.454 e. The van der Waals surface area contributed by atoms with Crippen molar-refractivity contribution in [3.05, 3.63) is 79.4 Å². The van der Waals surface area contributed by atoms with E-state index in [1.165, 1.54) is 11.1 Å². The number of fused-ring (bicyclic) bond motifs is 12. The van der Waals surface area contributed by atoms with Crippen molar-refractivity contribution in [1.82, 2.24) is 0 Å². The molecular formula is C23H20N2O6. The second-order valence-electron chi connectivity index (χ2n) is 9.31. The number of rotatable bonds is 4. The van der Waals surface area contributed by atoms with Gasteiger partial charge in [0.15, 0.2) is 0 Å². The van der Waals surface area contributed by atoms with Gasteiger partial charge in [0.1, 0.15) is 5.60 Å². The van der Waals surface area contributed by atoms with Crippen LogP contribution in [0.15, 0.2) is 42.5 Å². The number of hydrogen-bond acceptors (Lipinski definition) is 6. The fraction of sp³-hybridized carbons (Fsp3) is 0.435. The molecule has 4 aliphatic rings. The fourth-order valence-corrected chi connectivity index (χ4v) is 7.36. The van der Waals surface area contributed by atoms with E-state index in [0.717, 1.165) is 43.9 Å². The van der Waals surface area contributed by atoms with E-state index in [1.54, 1.807) is 0 Å². The summed E-state index contributed by atoms with van der Waals surface area (Å²) in [4.78, 5) is 34.3. The molecule has 0 aliphatic heterocycles. The molecule has 2 aromatic rings. The number of nitro benzene ring substituents is 2. The van der Waals surface area contributed by atoms with E-state index in [-0.39, 0.29) is 23.3 Å². The molecule has 4 aliphatic carbocycles. The van der Waals surface area contributed by atoms with E-state index in [9.17, 15) is 25.0 Å². The number of benzene rings is 2. The number of nitro groups is 2. The van der Waals surface area contributed by atoms with E-state index < -0.39 is 32.8 Å². The number of carbonyl (C=O) groups is 1. The van der Waals surface area contributed by atoms with Gasteiger partial charge < -0.3 is 4.74 Å². The third-order valence-electron chi connectivity index (χ3n) is 8.21. The summed E-state index contributed by atoms with van der Waals surface area (Å²) in [6.07, 6.45) is 4.14. The number of carbonyl (C=O) groups excluding carboxylic acids is 1. The van der Waals surface area contributed by atoms with Crippen molar-refractivity contribution in [1.29, 1.82) is 0 Å². The summed E-state index contributed by atoms with van der Waals surface area (Å²) < 4.78 is 6.32. The lowest BCUT2D eigenvalue weighted by Gasteiger charge is -2.46. The average molecular weight is 420 g/mol. The molecule has 0 heterocycles. The van der Waals surface area contributed by atoms with Crippen LogP contribution in [0.5, 0.6) is 0 Å². The Labute approximate surface area is 177 Å². The Kier molecular flexibility index (Phi) is 3.65. The monoisotopic (exact) mass is 420 g/mol. The number of nitrogens with zero attached hydrogens (tertiary/aromatic N) is 2. The molecule has 0 saturated heterocycles. The molecule has 3 saturated carbocycles. The molecule has 4 bridgehead atoms. The van der Waals surface area contributed by atoms with Gasteiger partial charge >= 0.3 is 5.97 Å². The first-order valence-electron chi connectivity index (χ1n) is 10.7. The van der Waals surface area contributed by atoms with Gasteiger partial charge in [-0.05, 0) is 48.6 Å². The Morgan fingerprint density at radius 1 is 0.968 bits per heavy atom. The zero-order chi connectivity index (χ0) is 21.5. The van der Waals surface area contributed by atoms with Crippen LogP contribution in [0, 0.1) is 38.0 Å². The lowest BCUT2D eigenvalue weighted by Crippen LogP contribution is -2.50. The molecule has 8 heteroatoms. The molecule has 31 heavy (non-hydrogen) atoms. The molecule has 0 unspecified atom stereocenters. The van der Waals surface area contributed by atoms with Gasteiger partial charge in [0.25, 0.3) is 11.4 Å². The quantitative estimate of drug-likeness (QED) is 0.306. The van der Waals surface area contributed by atoms with Crippen molar-refractivity contribution in [3.63, 3.8) is 0 Å². The summed E-state index contributed by atoms with van der Waals surface area (Å²) >= 11 is 0. The second-order valence-corrected chi connectivity index (χ2v) is 9.31. The van der Waals surface area contributed by atoms with E-state index in [0.29, 0.717) is 11.8 Å². The van der Waals surface area contributed by atoms with Gasteiger partial charge in [0.2, 0.25) is 0 Å². The van der Waals surface area contributed by atoms with Gasteiger partial charge in [-0.2, -0.15) is 0 Å². The standard InChI is InChI=1S/C23H20N2O6/c26-22(13-8-15(24(27)28)10-16(9-13)25(29)30)31-23-14-6-5-12(7-14)21(23)19-11-20(23)18-4-2-1-3-17(18)19/h1-4,8-10,12,14,19-21H,5-7,11H2/t12-,14-,19-,20-,21-,23+/m1/s1. The van der Waals surface area contributed by atoms with Crippen molar-refractivity contribution >= 4 is 17.3 Å². The van der Waals surface area contributed by atoms with Crippen molar-refractivity contribution < 1.29 is 19.4 Å². The van der Waals surface area contributed by atoms with E-state index in [1.807, 2.05) is 6.07 Å². The van der Waals surface area contributed by atoms with Crippen molar-refractivity contribution in [2.75, 3.05) is 0 Å². The Balaban J connectivity index is 1.42. The highest BCUT2D eigenvalue weighted by Crippen LogP contribution is 2.74. The predicted molar refractivity (Wildman–Crippen MR) is 109 cm³/mol. The SMILES string of the molecule is O=C(O[C@]12[C@@H]3CC[C@H](C3)[C@@H]1[C@@H]1C[C@@H]2c2ccccc21)c1cc([N+](=O)[O-])cc([N+](=O)[O-])c1. The third-order valence-corrected chi connectivity index (χ3v) is 8.21. The molecule has 2 aromatic carbocycles. The molecule has 0 spiro atoms. The van der Waals surface area contributed by atoms with Gasteiger partial charge in [-0.1, -0.05) is 24.3 Å². The predicted octanol–water partition coefficient (Wildman–Crippen LogP) is 4.73. The third kappa shape index (κ3) is 2.33. The fourth-order valence-electron chi connectivity index (χ4n) is 7.36. The van der Waals surface area contributed by atoms with Crippen LogP contribution >= 0.6 is 0 Å². The van der Waals surface area contributed by atoms with Crippen molar-refractivity contribution in [2.24, 2.45) is 17.8 Å². The zero-order valence-corrected chi connectivity index (χ0v) is 16.6. The minimum atomic E-state index is -0.726. The molecule has 0 N–H and O–H groups in total. The maximum absolute atomic E-state index is 13.3.